The van der Waals surface area contributed by atoms with Crippen LogP contribution >= 0.6 is 0 Å². The molecule has 1 heterocycles. The maximum atomic E-state index is 12.3. The first kappa shape index (κ1) is 17.9. The van der Waals surface area contributed by atoms with Gasteiger partial charge in [-0.2, -0.15) is 0 Å². The molecule has 7 nitrogen and oxygen atoms in total. The Bertz CT molecular complexity index is 802. The van der Waals surface area contributed by atoms with Gasteiger partial charge in [-0.05, 0) is 24.1 Å². The van der Waals surface area contributed by atoms with E-state index in [0.29, 0.717) is 11.4 Å². The Kier molecular flexibility index (Phi) is 5.50. The van der Waals surface area contributed by atoms with Crippen molar-refractivity contribution in [3.8, 4) is 0 Å². The topological polar surface area (TPSA) is 109 Å². The van der Waals surface area contributed by atoms with Gasteiger partial charge in [0.1, 0.15) is 5.82 Å². The number of aliphatic carboxylic acids is 1. The van der Waals surface area contributed by atoms with E-state index in [-0.39, 0.29) is 22.9 Å². The third-order valence-corrected chi connectivity index (χ3v) is 4.96. The lowest BCUT2D eigenvalue weighted by Gasteiger charge is -2.10. The number of nitrogens with one attached hydrogen (secondary N) is 1. The summed E-state index contributed by atoms with van der Waals surface area (Å²) in [5, 5.41) is 8.73. The molecule has 0 bridgehead atoms. The smallest absolute Gasteiger partial charge is 0.307 e. The number of carboxylic acids is 1. The van der Waals surface area contributed by atoms with Gasteiger partial charge in [-0.1, -0.05) is 26.0 Å². The highest BCUT2D eigenvalue weighted by Crippen LogP contribution is 2.18. The molecule has 128 valence electrons. The molecule has 0 fully saturated rings. The van der Waals surface area contributed by atoms with Gasteiger partial charge in [0.05, 0.1) is 29.4 Å². The van der Waals surface area contributed by atoms with Crippen molar-refractivity contribution < 1.29 is 18.3 Å². The number of hydrogen-bond donors (Lipinski definition) is 2. The van der Waals surface area contributed by atoms with E-state index >= 15 is 0 Å². The lowest BCUT2D eigenvalue weighted by atomic mass is 10.1. The highest BCUT2D eigenvalue weighted by Gasteiger charge is 2.15. The zero-order valence-electron chi connectivity index (χ0n) is 13.4. The van der Waals surface area contributed by atoms with Gasteiger partial charge < -0.3 is 5.11 Å². The number of nitrogens with zero attached hydrogens (tertiary/aromatic N) is 2. The largest absolute Gasteiger partial charge is 0.481 e. The minimum absolute atomic E-state index is 0.0441. The lowest BCUT2D eigenvalue weighted by molar-refractivity contribution is -0.136. The van der Waals surface area contributed by atoms with Gasteiger partial charge in [0.15, 0.2) is 0 Å². The fraction of sp³-hybridized carbons (Fsp3) is 0.312. The first-order valence-electron chi connectivity index (χ1n) is 7.47. The molecule has 0 saturated heterocycles. The van der Waals surface area contributed by atoms with Gasteiger partial charge in [-0.25, -0.2) is 18.4 Å². The zero-order valence-corrected chi connectivity index (χ0v) is 14.2. The van der Waals surface area contributed by atoms with Crippen molar-refractivity contribution in [2.45, 2.75) is 37.5 Å². The molecule has 0 aliphatic heterocycles. The SMILES string of the molecule is CCC(C)c1ncc(NS(=O)(=O)c2ccc(CC(=O)O)cc2)cn1. The quantitative estimate of drug-likeness (QED) is 0.794. The van der Waals surface area contributed by atoms with Crippen LogP contribution in [0.4, 0.5) is 5.69 Å². The van der Waals surface area contributed by atoms with Gasteiger partial charge in [-0.3, -0.25) is 9.52 Å². The summed E-state index contributed by atoms with van der Waals surface area (Å²) < 4.78 is 27.1. The third kappa shape index (κ3) is 4.51. The first-order chi connectivity index (χ1) is 11.3. The van der Waals surface area contributed by atoms with Crippen LogP contribution in [0.2, 0.25) is 0 Å². The second kappa shape index (κ2) is 7.39. The number of carbonyl (C=O) groups is 1. The van der Waals surface area contributed by atoms with Crippen molar-refractivity contribution >= 4 is 21.7 Å². The van der Waals surface area contributed by atoms with Gasteiger partial charge >= 0.3 is 5.97 Å². The normalized spacial score (nSPS) is 12.6. The Hall–Kier alpha value is -2.48. The van der Waals surface area contributed by atoms with Gasteiger partial charge in [0.25, 0.3) is 10.0 Å². The van der Waals surface area contributed by atoms with E-state index in [9.17, 15) is 13.2 Å². The monoisotopic (exact) mass is 349 g/mol. The van der Waals surface area contributed by atoms with E-state index in [1.807, 2.05) is 13.8 Å². The van der Waals surface area contributed by atoms with Crippen molar-refractivity contribution in [3.05, 3.63) is 48.0 Å². The molecule has 0 aliphatic carbocycles. The average Bonchev–Trinajstić information content (AvgIpc) is 2.54. The number of benzene rings is 1. The first-order valence-corrected chi connectivity index (χ1v) is 8.95. The van der Waals surface area contributed by atoms with Crippen LogP contribution in [0, 0.1) is 0 Å². The summed E-state index contributed by atoms with van der Waals surface area (Å²) >= 11 is 0. The summed E-state index contributed by atoms with van der Waals surface area (Å²) in [7, 11) is -3.77. The van der Waals surface area contributed by atoms with E-state index < -0.39 is 16.0 Å². The fourth-order valence-electron chi connectivity index (χ4n) is 2.00. The number of rotatable bonds is 7. The van der Waals surface area contributed by atoms with E-state index in [0.717, 1.165) is 6.42 Å². The maximum Gasteiger partial charge on any atom is 0.307 e. The third-order valence-electron chi connectivity index (χ3n) is 3.57. The molecule has 2 rings (SSSR count). The van der Waals surface area contributed by atoms with Crippen LogP contribution in [-0.4, -0.2) is 29.5 Å². The molecule has 2 N–H and O–H groups in total. The van der Waals surface area contributed by atoms with Crippen LogP contribution in [0.15, 0.2) is 41.6 Å². The summed E-state index contributed by atoms with van der Waals surface area (Å²) in [6.07, 6.45) is 3.61. The van der Waals surface area contributed by atoms with Crippen molar-refractivity contribution in [1.29, 1.82) is 0 Å². The molecule has 1 atom stereocenters. The van der Waals surface area contributed by atoms with Crippen molar-refractivity contribution in [2.75, 3.05) is 4.72 Å². The van der Waals surface area contributed by atoms with E-state index in [2.05, 4.69) is 14.7 Å². The summed E-state index contributed by atoms with van der Waals surface area (Å²) in [5.41, 5.74) is 0.805. The van der Waals surface area contributed by atoms with E-state index in [4.69, 9.17) is 5.11 Å². The summed E-state index contributed by atoms with van der Waals surface area (Å²) in [6, 6.07) is 5.69. The second-order valence-electron chi connectivity index (χ2n) is 5.46. The Balaban J connectivity index is 2.14. The number of hydrogen-bond acceptors (Lipinski definition) is 5. The van der Waals surface area contributed by atoms with E-state index in [1.54, 1.807) is 0 Å². The molecule has 0 aliphatic rings. The molecule has 8 heteroatoms. The van der Waals surface area contributed by atoms with Crippen LogP contribution in [0.3, 0.4) is 0 Å². The average molecular weight is 349 g/mol. The van der Waals surface area contributed by atoms with Crippen molar-refractivity contribution in [1.82, 2.24) is 9.97 Å². The molecule has 1 aromatic heterocycles. The lowest BCUT2D eigenvalue weighted by Crippen LogP contribution is -2.14. The van der Waals surface area contributed by atoms with Crippen LogP contribution < -0.4 is 4.72 Å². The van der Waals surface area contributed by atoms with Gasteiger partial charge in [-0.15, -0.1) is 0 Å². The summed E-state index contributed by atoms with van der Waals surface area (Å²) in [5.74, 6) is -0.0989. The Morgan fingerprint density at radius 2 is 1.79 bits per heavy atom. The summed E-state index contributed by atoms with van der Waals surface area (Å²) in [6.45, 7) is 4.02. The predicted molar refractivity (Wildman–Crippen MR) is 89.3 cm³/mol. The Labute approximate surface area is 140 Å². The van der Waals surface area contributed by atoms with Crippen LogP contribution in [0.25, 0.3) is 0 Å². The van der Waals surface area contributed by atoms with Gasteiger partial charge in [0, 0.05) is 5.92 Å². The van der Waals surface area contributed by atoms with Gasteiger partial charge in [0.2, 0.25) is 0 Å². The number of sulfonamides is 1. The van der Waals surface area contributed by atoms with Crippen LogP contribution in [0.1, 0.15) is 37.6 Å². The highest BCUT2D eigenvalue weighted by molar-refractivity contribution is 7.92. The molecule has 0 saturated carbocycles. The Morgan fingerprint density at radius 1 is 1.21 bits per heavy atom. The highest BCUT2D eigenvalue weighted by atomic mass is 32.2. The number of aromatic nitrogens is 2. The molecule has 2 aromatic rings. The number of carboxylic acid groups (broad SMARTS) is 1. The summed E-state index contributed by atoms with van der Waals surface area (Å²) in [4.78, 5) is 19.0. The maximum absolute atomic E-state index is 12.3. The van der Waals surface area contributed by atoms with Crippen LogP contribution in [0.5, 0.6) is 0 Å². The van der Waals surface area contributed by atoms with Crippen LogP contribution in [-0.2, 0) is 21.2 Å². The molecule has 1 unspecified atom stereocenters. The molecule has 0 amide bonds. The fourth-order valence-corrected chi connectivity index (χ4v) is 3.03. The molecule has 0 spiro atoms. The minimum Gasteiger partial charge on any atom is -0.481 e. The molecular formula is C16H19N3O4S. The number of anilines is 1. The zero-order chi connectivity index (χ0) is 17.7. The van der Waals surface area contributed by atoms with Crippen molar-refractivity contribution in [2.24, 2.45) is 0 Å². The standard InChI is InChI=1S/C16H19N3O4S/c1-3-11(2)16-17-9-13(10-18-16)19-24(22,23)14-6-4-12(5-7-14)8-15(20)21/h4-7,9-11,19H,3,8H2,1-2H3,(H,20,21). The predicted octanol–water partition coefficient (Wildman–Crippen LogP) is 2.42. The molecular weight excluding hydrogens is 330 g/mol. The van der Waals surface area contributed by atoms with Crippen molar-refractivity contribution in [3.63, 3.8) is 0 Å². The molecule has 24 heavy (non-hydrogen) atoms. The minimum atomic E-state index is -3.77. The van der Waals surface area contributed by atoms with E-state index in [1.165, 1.54) is 36.7 Å². The molecule has 0 radical (unpaired) electrons. The molecule has 1 aromatic carbocycles. The Morgan fingerprint density at radius 3 is 2.29 bits per heavy atom. The second-order valence-corrected chi connectivity index (χ2v) is 7.14.